The summed E-state index contributed by atoms with van der Waals surface area (Å²) in [5, 5.41) is 0. The third-order valence-corrected chi connectivity index (χ3v) is 0. The van der Waals surface area contributed by atoms with Crippen molar-refractivity contribution in [2.45, 2.75) is 0 Å². The van der Waals surface area contributed by atoms with E-state index >= 15 is 0 Å². The molecule has 0 unspecified atom stereocenters. The van der Waals surface area contributed by atoms with Gasteiger partial charge in [-0.25, -0.2) is 0 Å². The van der Waals surface area contributed by atoms with Crippen LogP contribution in [-0.2, 0) is 22.4 Å². The first-order valence-electron chi connectivity index (χ1n) is 0. The van der Waals surface area contributed by atoms with Gasteiger partial charge in [0.25, 0.3) is 0 Å². The molecule has 0 bridgehead atoms. The third kappa shape index (κ3) is 19.4. The molecule has 0 aliphatic rings. The zero-order valence-electron chi connectivity index (χ0n) is 1.45. The van der Waals surface area contributed by atoms with Crippen molar-refractivity contribution in [3.63, 3.8) is 0 Å². The molecule has 0 heterocycles. The SMILES string of the molecule is O.O.[BaH2].[MgH2].[Nb]. The summed E-state index contributed by atoms with van der Waals surface area (Å²) < 4.78 is 0. The van der Waals surface area contributed by atoms with E-state index < -0.39 is 0 Å². The molecular weight excluding hydrogens is 287 g/mol. The molecule has 0 saturated heterocycles. The largest absolute Gasteiger partial charge is 0.316 e. The summed E-state index contributed by atoms with van der Waals surface area (Å²) in [5.74, 6) is 0. The Morgan fingerprint density at radius 3 is 0.800 bits per heavy atom. The average Bonchev–Trinajstić information content (AvgIpc) is 0. The average molecular weight is 295 g/mol. The fourth-order valence-electron chi connectivity index (χ4n) is 0. The van der Waals surface area contributed by atoms with Crippen LogP contribution in [0.1, 0.15) is 0 Å². The second kappa shape index (κ2) is 28.0. The van der Waals surface area contributed by atoms with E-state index in [9.17, 15) is 0 Å². The van der Waals surface area contributed by atoms with Gasteiger partial charge >= 0.3 is 71.9 Å². The van der Waals surface area contributed by atoms with Crippen LogP contribution >= 0.6 is 0 Å². The molecule has 0 amide bonds. The summed E-state index contributed by atoms with van der Waals surface area (Å²) in [4.78, 5) is 0. The quantitative estimate of drug-likeness (QED) is 0.417. The monoisotopic (exact) mass is 295 g/mol. The summed E-state index contributed by atoms with van der Waals surface area (Å²) >= 11 is 0. The summed E-state index contributed by atoms with van der Waals surface area (Å²) in [6.45, 7) is 0. The number of hydrogen-bond donors (Lipinski definition) is 0. The van der Waals surface area contributed by atoms with Crippen LogP contribution in [0.15, 0.2) is 0 Å². The van der Waals surface area contributed by atoms with Gasteiger partial charge in [-0.3, -0.25) is 0 Å². The predicted octanol–water partition coefficient (Wildman–Crippen LogP) is -3.48. The standard InChI is InChI=1S/Ba.Mg.Nb.2H2O.4H/h;;;2*1H2;;;;. The minimum atomic E-state index is 0. The Labute approximate surface area is 103 Å². The van der Waals surface area contributed by atoms with Gasteiger partial charge in [0.2, 0.25) is 0 Å². The third-order valence-electron chi connectivity index (χ3n) is 0. The Morgan fingerprint density at radius 1 is 0.800 bits per heavy atom. The Bertz CT molecular complexity index is 9.61. The molecule has 0 fully saturated rings. The van der Waals surface area contributed by atoms with E-state index in [4.69, 9.17) is 0 Å². The Balaban J connectivity index is 0. The molecule has 0 aliphatic carbocycles. The molecule has 5 heavy (non-hydrogen) atoms. The molecule has 1 radical (unpaired) electrons. The van der Waals surface area contributed by atoms with Crippen molar-refractivity contribution in [1.82, 2.24) is 0 Å². The summed E-state index contributed by atoms with van der Waals surface area (Å²) in [5.41, 5.74) is 0. The van der Waals surface area contributed by atoms with Gasteiger partial charge in [-0.1, -0.05) is 0 Å². The summed E-state index contributed by atoms with van der Waals surface area (Å²) in [6.07, 6.45) is 0. The molecule has 0 aliphatic heterocycles. The maximum Gasteiger partial charge on any atom is 0.316 e. The van der Waals surface area contributed by atoms with Crippen LogP contribution in [0.3, 0.4) is 0 Å². The van der Waals surface area contributed by atoms with Crippen LogP contribution in [0.5, 0.6) is 0 Å². The van der Waals surface area contributed by atoms with Crippen LogP contribution in [0, 0.1) is 0 Å². The fourth-order valence-corrected chi connectivity index (χ4v) is 0. The fraction of sp³-hybridized carbons (Fsp3) is 0. The minimum Gasteiger partial charge on any atom is 0 e. The molecule has 0 rings (SSSR count). The second-order valence-electron chi connectivity index (χ2n) is 0. The molecule has 0 atom stereocenters. The van der Waals surface area contributed by atoms with Crippen LogP contribution in [0.4, 0.5) is 0 Å². The topological polar surface area (TPSA) is 63.0 Å². The van der Waals surface area contributed by atoms with Crippen molar-refractivity contribution in [1.29, 1.82) is 0 Å². The Morgan fingerprint density at radius 2 is 0.800 bits per heavy atom. The maximum atomic E-state index is 0. The molecule has 0 aromatic carbocycles. The molecule has 29 valence electrons. The molecule has 2 nitrogen and oxygen atoms in total. The van der Waals surface area contributed by atoms with Crippen molar-refractivity contribution >= 4 is 71.9 Å². The van der Waals surface area contributed by atoms with E-state index in [0.29, 0.717) is 0 Å². The van der Waals surface area contributed by atoms with Crippen LogP contribution in [0.25, 0.3) is 0 Å². The van der Waals surface area contributed by atoms with E-state index in [2.05, 4.69) is 0 Å². The smallest absolute Gasteiger partial charge is 0 e. The minimum absolute atomic E-state index is 0. The zero-order chi connectivity index (χ0) is 0. The molecular formula is H8BaMgNbO2. The summed E-state index contributed by atoms with van der Waals surface area (Å²) in [7, 11) is 0. The zero-order valence-corrected chi connectivity index (χ0v) is 3.65. The Kier molecular flexibility index (Phi) is 244. The summed E-state index contributed by atoms with van der Waals surface area (Å²) in [6, 6.07) is 0. The van der Waals surface area contributed by atoms with Gasteiger partial charge in [0.15, 0.2) is 0 Å². The van der Waals surface area contributed by atoms with Crippen molar-refractivity contribution in [2.75, 3.05) is 0 Å². The first kappa shape index (κ1) is 43.6. The van der Waals surface area contributed by atoms with Gasteiger partial charge in [0.05, 0.1) is 0 Å². The number of hydrogen-bond acceptors (Lipinski definition) is 0. The van der Waals surface area contributed by atoms with E-state index in [-0.39, 0.29) is 105 Å². The van der Waals surface area contributed by atoms with E-state index in [0.717, 1.165) is 0 Å². The van der Waals surface area contributed by atoms with Crippen molar-refractivity contribution < 1.29 is 33.3 Å². The van der Waals surface area contributed by atoms with E-state index in [1.807, 2.05) is 0 Å². The van der Waals surface area contributed by atoms with Gasteiger partial charge in [0.1, 0.15) is 0 Å². The molecule has 0 saturated carbocycles. The molecule has 0 aromatic rings. The van der Waals surface area contributed by atoms with Crippen LogP contribution < -0.4 is 0 Å². The predicted molar refractivity (Wildman–Crippen MR) is 24.3 cm³/mol. The van der Waals surface area contributed by atoms with Crippen molar-refractivity contribution in [2.24, 2.45) is 0 Å². The number of rotatable bonds is 0. The van der Waals surface area contributed by atoms with E-state index in [1.165, 1.54) is 0 Å². The molecule has 0 aromatic heterocycles. The van der Waals surface area contributed by atoms with Crippen molar-refractivity contribution in [3.05, 3.63) is 0 Å². The van der Waals surface area contributed by atoms with Gasteiger partial charge < -0.3 is 11.0 Å². The van der Waals surface area contributed by atoms with Gasteiger partial charge in [0, 0.05) is 22.4 Å². The first-order chi connectivity index (χ1) is 0. The van der Waals surface area contributed by atoms with Crippen LogP contribution in [0.2, 0.25) is 0 Å². The normalized spacial score (nSPS) is 0. The molecule has 4 N–H and O–H groups in total. The molecule has 0 spiro atoms. The van der Waals surface area contributed by atoms with E-state index in [1.54, 1.807) is 0 Å². The maximum absolute atomic E-state index is 0. The van der Waals surface area contributed by atoms with Gasteiger partial charge in [-0.2, -0.15) is 0 Å². The van der Waals surface area contributed by atoms with Crippen molar-refractivity contribution in [3.8, 4) is 0 Å². The van der Waals surface area contributed by atoms with Gasteiger partial charge in [-0.05, 0) is 0 Å². The second-order valence-corrected chi connectivity index (χ2v) is 0. The molecule has 5 heteroatoms. The first-order valence-corrected chi connectivity index (χ1v) is 0. The van der Waals surface area contributed by atoms with Gasteiger partial charge in [-0.15, -0.1) is 0 Å². The Hall–Kier alpha value is 3.00. The van der Waals surface area contributed by atoms with Crippen LogP contribution in [-0.4, -0.2) is 82.9 Å².